The molecule has 21 heavy (non-hydrogen) atoms. The average molecular weight is 348 g/mol. The molecule has 0 atom stereocenters. The second-order valence-electron chi connectivity index (χ2n) is 4.75. The van der Waals surface area contributed by atoms with Gasteiger partial charge in [-0.3, -0.25) is 4.79 Å². The molecule has 0 saturated heterocycles. The van der Waals surface area contributed by atoms with Gasteiger partial charge in [0, 0.05) is 15.4 Å². The van der Waals surface area contributed by atoms with Crippen molar-refractivity contribution in [3.8, 4) is 11.3 Å². The molecule has 0 spiro atoms. The number of carboxylic acids is 1. The molecule has 3 aromatic rings. The SMILES string of the molecule is O=C(O)Cc1c(-c2ccc(Br)cc2)[nH]c2ccc(F)cc12. The average Bonchev–Trinajstić information content (AvgIpc) is 2.77. The second-order valence-corrected chi connectivity index (χ2v) is 5.66. The van der Waals surface area contributed by atoms with E-state index in [9.17, 15) is 9.18 Å². The molecule has 0 bridgehead atoms. The number of hydrogen-bond acceptors (Lipinski definition) is 1. The molecule has 0 unspecified atom stereocenters. The molecular formula is C16H11BrFNO2. The monoisotopic (exact) mass is 347 g/mol. The van der Waals surface area contributed by atoms with Crippen molar-refractivity contribution in [3.05, 3.63) is 58.3 Å². The van der Waals surface area contributed by atoms with Gasteiger partial charge in [0.05, 0.1) is 12.1 Å². The van der Waals surface area contributed by atoms with E-state index in [4.69, 9.17) is 5.11 Å². The number of carbonyl (C=O) groups is 1. The maximum Gasteiger partial charge on any atom is 0.307 e. The van der Waals surface area contributed by atoms with Crippen LogP contribution in [0.15, 0.2) is 46.9 Å². The lowest BCUT2D eigenvalue weighted by atomic mass is 10.0. The van der Waals surface area contributed by atoms with Crippen molar-refractivity contribution in [2.45, 2.75) is 6.42 Å². The van der Waals surface area contributed by atoms with Gasteiger partial charge in [0.1, 0.15) is 5.82 Å². The Morgan fingerprint density at radius 1 is 1.19 bits per heavy atom. The summed E-state index contributed by atoms with van der Waals surface area (Å²) in [6, 6.07) is 11.9. The van der Waals surface area contributed by atoms with Crippen LogP contribution in [0, 0.1) is 5.82 Å². The van der Waals surface area contributed by atoms with E-state index in [0.29, 0.717) is 16.6 Å². The molecule has 0 aliphatic carbocycles. The summed E-state index contributed by atoms with van der Waals surface area (Å²) in [6.45, 7) is 0. The lowest BCUT2D eigenvalue weighted by molar-refractivity contribution is -0.136. The highest BCUT2D eigenvalue weighted by molar-refractivity contribution is 9.10. The summed E-state index contributed by atoms with van der Waals surface area (Å²) in [5, 5.41) is 9.72. The van der Waals surface area contributed by atoms with Crippen LogP contribution in [0.1, 0.15) is 5.56 Å². The van der Waals surface area contributed by atoms with E-state index in [-0.39, 0.29) is 12.2 Å². The van der Waals surface area contributed by atoms with Crippen LogP contribution in [0.2, 0.25) is 0 Å². The number of nitrogens with one attached hydrogen (secondary N) is 1. The van der Waals surface area contributed by atoms with Crippen molar-refractivity contribution in [2.75, 3.05) is 0 Å². The van der Waals surface area contributed by atoms with Gasteiger partial charge in [-0.05, 0) is 41.5 Å². The molecule has 0 aliphatic rings. The normalized spacial score (nSPS) is 11.0. The highest BCUT2D eigenvalue weighted by Gasteiger charge is 2.16. The van der Waals surface area contributed by atoms with Gasteiger partial charge in [0.15, 0.2) is 0 Å². The molecule has 2 aromatic carbocycles. The Bertz CT molecular complexity index is 824. The van der Waals surface area contributed by atoms with E-state index < -0.39 is 5.97 Å². The maximum absolute atomic E-state index is 13.5. The number of rotatable bonds is 3. The summed E-state index contributed by atoms with van der Waals surface area (Å²) in [5.74, 6) is -1.32. The smallest absolute Gasteiger partial charge is 0.307 e. The topological polar surface area (TPSA) is 53.1 Å². The Morgan fingerprint density at radius 2 is 1.90 bits per heavy atom. The van der Waals surface area contributed by atoms with Gasteiger partial charge in [-0.2, -0.15) is 0 Å². The highest BCUT2D eigenvalue weighted by atomic mass is 79.9. The minimum atomic E-state index is -0.946. The fourth-order valence-corrected chi connectivity index (χ4v) is 2.68. The third-order valence-electron chi connectivity index (χ3n) is 3.33. The molecule has 0 fully saturated rings. The number of carboxylic acid groups (broad SMARTS) is 1. The molecule has 0 amide bonds. The van der Waals surface area contributed by atoms with Gasteiger partial charge in [-0.1, -0.05) is 28.1 Å². The van der Waals surface area contributed by atoms with Crippen LogP contribution < -0.4 is 0 Å². The predicted molar refractivity (Wildman–Crippen MR) is 82.7 cm³/mol. The zero-order chi connectivity index (χ0) is 15.0. The lowest BCUT2D eigenvalue weighted by Gasteiger charge is -2.03. The lowest BCUT2D eigenvalue weighted by Crippen LogP contribution is -2.01. The molecule has 1 heterocycles. The van der Waals surface area contributed by atoms with E-state index in [0.717, 1.165) is 15.6 Å². The molecule has 2 N–H and O–H groups in total. The maximum atomic E-state index is 13.5. The Balaban J connectivity index is 2.25. The summed E-state index contributed by atoms with van der Waals surface area (Å²) in [4.78, 5) is 14.3. The molecule has 3 rings (SSSR count). The van der Waals surface area contributed by atoms with Crippen molar-refractivity contribution in [3.63, 3.8) is 0 Å². The van der Waals surface area contributed by atoms with Gasteiger partial charge in [-0.15, -0.1) is 0 Å². The van der Waals surface area contributed by atoms with E-state index >= 15 is 0 Å². The van der Waals surface area contributed by atoms with Gasteiger partial charge in [0.2, 0.25) is 0 Å². The van der Waals surface area contributed by atoms with E-state index in [1.165, 1.54) is 12.1 Å². The highest BCUT2D eigenvalue weighted by Crippen LogP contribution is 2.32. The number of aliphatic carboxylic acids is 1. The number of aromatic amines is 1. The van der Waals surface area contributed by atoms with Crippen molar-refractivity contribution < 1.29 is 14.3 Å². The van der Waals surface area contributed by atoms with E-state index in [1.54, 1.807) is 6.07 Å². The number of H-pyrrole nitrogens is 1. The molecule has 3 nitrogen and oxygen atoms in total. The van der Waals surface area contributed by atoms with Gasteiger partial charge >= 0.3 is 5.97 Å². The van der Waals surface area contributed by atoms with Crippen LogP contribution in [0.25, 0.3) is 22.2 Å². The summed E-state index contributed by atoms with van der Waals surface area (Å²) in [7, 11) is 0. The molecule has 0 radical (unpaired) electrons. The van der Waals surface area contributed by atoms with Crippen LogP contribution in [0.5, 0.6) is 0 Å². The molecule has 5 heteroatoms. The Labute approximate surface area is 128 Å². The molecular weight excluding hydrogens is 337 g/mol. The number of hydrogen-bond donors (Lipinski definition) is 2. The number of benzene rings is 2. The fourth-order valence-electron chi connectivity index (χ4n) is 2.42. The Morgan fingerprint density at radius 3 is 2.57 bits per heavy atom. The molecule has 1 aromatic heterocycles. The van der Waals surface area contributed by atoms with Crippen LogP contribution in [-0.2, 0) is 11.2 Å². The van der Waals surface area contributed by atoms with Gasteiger partial charge < -0.3 is 10.1 Å². The third-order valence-corrected chi connectivity index (χ3v) is 3.86. The Hall–Kier alpha value is -2.14. The van der Waals surface area contributed by atoms with E-state index in [2.05, 4.69) is 20.9 Å². The minimum Gasteiger partial charge on any atom is -0.481 e. The largest absolute Gasteiger partial charge is 0.481 e. The van der Waals surface area contributed by atoms with Crippen LogP contribution >= 0.6 is 15.9 Å². The quantitative estimate of drug-likeness (QED) is 0.739. The minimum absolute atomic E-state index is 0.158. The van der Waals surface area contributed by atoms with Crippen LogP contribution in [0.4, 0.5) is 4.39 Å². The van der Waals surface area contributed by atoms with E-state index in [1.807, 2.05) is 24.3 Å². The number of aromatic nitrogens is 1. The summed E-state index contributed by atoms with van der Waals surface area (Å²) in [5.41, 5.74) is 2.90. The third kappa shape index (κ3) is 2.69. The molecule has 106 valence electrons. The fraction of sp³-hybridized carbons (Fsp3) is 0.0625. The number of fused-ring (bicyclic) bond motifs is 1. The van der Waals surface area contributed by atoms with Crippen molar-refractivity contribution >= 4 is 32.8 Å². The standard InChI is InChI=1S/C16H11BrFNO2/c17-10-3-1-9(2-4-10)16-13(8-15(20)21)12-7-11(18)5-6-14(12)19-16/h1-7,19H,8H2,(H,20,21). The summed E-state index contributed by atoms with van der Waals surface area (Å²) >= 11 is 3.37. The summed E-state index contributed by atoms with van der Waals surface area (Å²) in [6.07, 6.45) is -0.158. The Kier molecular flexibility index (Phi) is 3.51. The van der Waals surface area contributed by atoms with Crippen molar-refractivity contribution in [1.29, 1.82) is 0 Å². The first-order valence-corrected chi connectivity index (χ1v) is 7.12. The zero-order valence-electron chi connectivity index (χ0n) is 10.9. The summed E-state index contributed by atoms with van der Waals surface area (Å²) < 4.78 is 14.4. The zero-order valence-corrected chi connectivity index (χ0v) is 12.4. The van der Waals surface area contributed by atoms with Crippen molar-refractivity contribution in [1.82, 2.24) is 4.98 Å². The van der Waals surface area contributed by atoms with Gasteiger partial charge in [0.25, 0.3) is 0 Å². The van der Waals surface area contributed by atoms with Crippen LogP contribution in [-0.4, -0.2) is 16.1 Å². The van der Waals surface area contributed by atoms with Gasteiger partial charge in [-0.25, -0.2) is 4.39 Å². The first-order chi connectivity index (χ1) is 10.0. The predicted octanol–water partition coefficient (Wildman–Crippen LogP) is 4.36. The van der Waals surface area contributed by atoms with Crippen LogP contribution in [0.3, 0.4) is 0 Å². The molecule has 0 saturated carbocycles. The number of halogens is 2. The first-order valence-electron chi connectivity index (χ1n) is 6.32. The first kappa shape index (κ1) is 13.8. The van der Waals surface area contributed by atoms with Crippen molar-refractivity contribution in [2.24, 2.45) is 0 Å². The molecule has 0 aliphatic heterocycles. The second kappa shape index (κ2) is 5.33.